The van der Waals surface area contributed by atoms with Crippen LogP contribution in [0.3, 0.4) is 0 Å². The first-order chi connectivity index (χ1) is 9.94. The highest BCUT2D eigenvalue weighted by atomic mass is 16.5. The molecular weight excluding hydrogens is 266 g/mol. The smallest absolute Gasteiger partial charge is 0.158 e. The Labute approximate surface area is 127 Å². The van der Waals surface area contributed by atoms with Crippen LogP contribution in [0.25, 0.3) is 0 Å². The van der Waals surface area contributed by atoms with Crippen LogP contribution in [-0.4, -0.2) is 29.7 Å². The van der Waals surface area contributed by atoms with Crippen molar-refractivity contribution in [2.45, 2.75) is 40.7 Å². The van der Waals surface area contributed by atoms with Gasteiger partial charge in [0.25, 0.3) is 0 Å². The van der Waals surface area contributed by atoms with E-state index in [9.17, 15) is 0 Å². The molecule has 1 saturated heterocycles. The van der Waals surface area contributed by atoms with E-state index in [0.717, 1.165) is 18.9 Å². The van der Waals surface area contributed by atoms with Gasteiger partial charge in [-0.2, -0.15) is 0 Å². The van der Waals surface area contributed by atoms with Gasteiger partial charge >= 0.3 is 0 Å². The van der Waals surface area contributed by atoms with E-state index in [1.54, 1.807) is 0 Å². The van der Waals surface area contributed by atoms with Gasteiger partial charge in [0.15, 0.2) is 5.82 Å². The van der Waals surface area contributed by atoms with Gasteiger partial charge in [0.05, 0.1) is 0 Å². The van der Waals surface area contributed by atoms with Gasteiger partial charge in [-0.3, -0.25) is 0 Å². The number of aromatic nitrogens is 2. The summed E-state index contributed by atoms with van der Waals surface area (Å²) >= 11 is 0. The van der Waals surface area contributed by atoms with Gasteiger partial charge in [0.1, 0.15) is 18.2 Å². The Kier molecular flexibility index (Phi) is 5.00. The summed E-state index contributed by atoms with van der Waals surface area (Å²) in [4.78, 5) is 11.3. The molecule has 0 bridgehead atoms. The summed E-state index contributed by atoms with van der Waals surface area (Å²) in [6.07, 6.45) is 1.19. The second kappa shape index (κ2) is 6.58. The topological polar surface area (TPSA) is 76.3 Å². The van der Waals surface area contributed by atoms with Crippen LogP contribution in [0.4, 0.5) is 11.6 Å². The van der Waals surface area contributed by atoms with E-state index in [0.29, 0.717) is 36.2 Å². The van der Waals surface area contributed by atoms with E-state index in [4.69, 9.17) is 10.6 Å². The Morgan fingerprint density at radius 1 is 1.43 bits per heavy atom. The average Bonchev–Trinajstić information content (AvgIpc) is 2.94. The second-order valence-corrected chi connectivity index (χ2v) is 6.61. The van der Waals surface area contributed by atoms with Crippen LogP contribution in [0.5, 0.6) is 0 Å². The minimum Gasteiger partial charge on any atom is -0.374 e. The van der Waals surface area contributed by atoms with Gasteiger partial charge in [-0.25, -0.2) is 15.8 Å². The monoisotopic (exact) mass is 293 g/mol. The third-order valence-corrected chi connectivity index (χ3v) is 4.08. The highest BCUT2D eigenvalue weighted by Crippen LogP contribution is 2.35. The summed E-state index contributed by atoms with van der Waals surface area (Å²) in [6.45, 7) is 12.0. The molecule has 0 aromatic carbocycles. The average molecular weight is 293 g/mol. The number of nitrogens with one attached hydrogen (secondary N) is 1. The molecule has 1 aliphatic rings. The predicted octanol–water partition coefficient (Wildman–Crippen LogP) is 2.17. The Bertz CT molecular complexity index is 472. The zero-order valence-electron chi connectivity index (χ0n) is 13.5. The van der Waals surface area contributed by atoms with Crippen molar-refractivity contribution in [2.75, 3.05) is 30.0 Å². The lowest BCUT2D eigenvalue weighted by molar-refractivity contribution is 0.128. The number of nitrogens with two attached hydrogens (primary N) is 1. The molecule has 6 nitrogen and oxygen atoms in total. The molecule has 0 amide bonds. The lowest BCUT2D eigenvalue weighted by Crippen LogP contribution is -2.27. The highest BCUT2D eigenvalue weighted by molar-refractivity contribution is 5.49. The largest absolute Gasteiger partial charge is 0.374 e. The van der Waals surface area contributed by atoms with Crippen molar-refractivity contribution in [1.29, 1.82) is 0 Å². The van der Waals surface area contributed by atoms with Crippen molar-refractivity contribution in [3.63, 3.8) is 0 Å². The van der Waals surface area contributed by atoms with Gasteiger partial charge in [0.2, 0.25) is 0 Å². The Hall–Kier alpha value is -1.40. The van der Waals surface area contributed by atoms with E-state index in [2.05, 4.69) is 41.1 Å². The summed E-state index contributed by atoms with van der Waals surface area (Å²) in [5.41, 5.74) is 2.94. The molecule has 1 aromatic heterocycles. The van der Waals surface area contributed by atoms with Crippen molar-refractivity contribution in [1.82, 2.24) is 9.97 Å². The number of anilines is 2. The van der Waals surface area contributed by atoms with E-state index in [-0.39, 0.29) is 0 Å². The normalized spacial score (nSPS) is 19.1. The van der Waals surface area contributed by atoms with Gasteiger partial charge < -0.3 is 15.1 Å². The zero-order chi connectivity index (χ0) is 15.5. The molecule has 1 atom stereocenters. The molecule has 0 saturated carbocycles. The zero-order valence-corrected chi connectivity index (χ0v) is 13.5. The van der Waals surface area contributed by atoms with Gasteiger partial charge in [0, 0.05) is 25.8 Å². The van der Waals surface area contributed by atoms with E-state index in [1.165, 1.54) is 6.42 Å². The Morgan fingerprint density at radius 2 is 2.19 bits per heavy atom. The molecule has 3 N–H and O–H groups in total. The maximum atomic E-state index is 5.51. The molecule has 21 heavy (non-hydrogen) atoms. The summed E-state index contributed by atoms with van der Waals surface area (Å²) in [5.74, 6) is 8.42. The Balaban J connectivity index is 2.15. The van der Waals surface area contributed by atoms with Crippen LogP contribution in [-0.2, 0) is 11.3 Å². The van der Waals surface area contributed by atoms with Crippen LogP contribution in [0, 0.1) is 11.3 Å². The van der Waals surface area contributed by atoms with Crippen LogP contribution >= 0.6 is 0 Å². The molecule has 0 spiro atoms. The fourth-order valence-corrected chi connectivity index (χ4v) is 2.65. The number of nitrogens with zero attached hydrogens (tertiary/aromatic N) is 3. The molecule has 0 aliphatic carbocycles. The lowest BCUT2D eigenvalue weighted by atomic mass is 9.80. The highest BCUT2D eigenvalue weighted by Gasteiger charge is 2.32. The standard InChI is InChI=1S/C15H27N5O/c1-5-21-10-13-17-12(19-16)8-14(18-13)20-7-6-11(9-20)15(2,3)4/h8,11H,5-7,9-10,16H2,1-4H3,(H,17,18,19). The van der Waals surface area contributed by atoms with E-state index >= 15 is 0 Å². The molecule has 2 rings (SSSR count). The van der Waals surface area contributed by atoms with E-state index < -0.39 is 0 Å². The first-order valence-electron chi connectivity index (χ1n) is 7.61. The SMILES string of the molecule is CCOCc1nc(NN)cc(N2CCC(C(C)(C)C)C2)n1. The second-order valence-electron chi connectivity index (χ2n) is 6.61. The minimum absolute atomic E-state index is 0.324. The van der Waals surface area contributed by atoms with Crippen molar-refractivity contribution in [3.8, 4) is 0 Å². The number of nitrogen functional groups attached to an aromatic ring is 1. The fraction of sp³-hybridized carbons (Fsp3) is 0.733. The quantitative estimate of drug-likeness (QED) is 0.640. The van der Waals surface area contributed by atoms with Gasteiger partial charge in [-0.1, -0.05) is 20.8 Å². The third-order valence-electron chi connectivity index (χ3n) is 4.08. The molecule has 6 heteroatoms. The van der Waals surface area contributed by atoms with Gasteiger partial charge in [-0.05, 0) is 24.7 Å². The molecule has 1 fully saturated rings. The fourth-order valence-electron chi connectivity index (χ4n) is 2.65. The number of rotatable bonds is 5. The van der Waals surface area contributed by atoms with E-state index in [1.807, 2.05) is 13.0 Å². The molecule has 118 valence electrons. The maximum absolute atomic E-state index is 5.51. The first kappa shape index (κ1) is 16.0. The summed E-state index contributed by atoms with van der Waals surface area (Å²) < 4.78 is 5.40. The molecular formula is C15H27N5O. The van der Waals surface area contributed by atoms with Crippen LogP contribution in [0.1, 0.15) is 39.9 Å². The van der Waals surface area contributed by atoms with Crippen molar-refractivity contribution in [3.05, 3.63) is 11.9 Å². The van der Waals surface area contributed by atoms with Crippen LogP contribution in [0.2, 0.25) is 0 Å². The van der Waals surface area contributed by atoms with Crippen LogP contribution < -0.4 is 16.2 Å². The lowest BCUT2D eigenvalue weighted by Gasteiger charge is -2.27. The van der Waals surface area contributed by atoms with Crippen molar-refractivity contribution < 1.29 is 4.74 Å². The first-order valence-corrected chi connectivity index (χ1v) is 7.61. The minimum atomic E-state index is 0.324. The molecule has 0 radical (unpaired) electrons. The van der Waals surface area contributed by atoms with Crippen LogP contribution in [0.15, 0.2) is 6.07 Å². The summed E-state index contributed by atoms with van der Waals surface area (Å²) in [5, 5.41) is 0. The summed E-state index contributed by atoms with van der Waals surface area (Å²) in [6, 6.07) is 1.90. The molecule has 1 unspecified atom stereocenters. The predicted molar refractivity (Wildman–Crippen MR) is 84.9 cm³/mol. The molecule has 1 aliphatic heterocycles. The van der Waals surface area contributed by atoms with Crippen molar-refractivity contribution in [2.24, 2.45) is 17.2 Å². The number of hydrogen-bond donors (Lipinski definition) is 2. The third kappa shape index (κ3) is 4.04. The van der Waals surface area contributed by atoms with Gasteiger partial charge in [-0.15, -0.1) is 0 Å². The Morgan fingerprint density at radius 3 is 2.76 bits per heavy atom. The van der Waals surface area contributed by atoms with Crippen molar-refractivity contribution >= 4 is 11.6 Å². The molecule has 1 aromatic rings. The molecule has 2 heterocycles. The maximum Gasteiger partial charge on any atom is 0.158 e. The number of ether oxygens (including phenoxy) is 1. The number of hydrazine groups is 1. The summed E-state index contributed by atoms with van der Waals surface area (Å²) in [7, 11) is 0. The number of hydrogen-bond acceptors (Lipinski definition) is 6.